The molecule has 2 aliphatic rings. The standard InChI is InChI=1S/C16H19FN4O2/c1-9-13-11(8-12(14(9)17)19-6-2-3-7-19)20(10-4-5-10)16(23)21(18)15(13)22/h8,10H,2-7,18H2,1H3. The number of nitrogens with two attached hydrogens (primary N) is 1. The third kappa shape index (κ3) is 1.99. The summed E-state index contributed by atoms with van der Waals surface area (Å²) in [5, 5.41) is 0.208. The van der Waals surface area contributed by atoms with Crippen molar-refractivity contribution in [3.8, 4) is 0 Å². The van der Waals surface area contributed by atoms with Crippen LogP contribution in [0.5, 0.6) is 0 Å². The van der Waals surface area contributed by atoms with E-state index in [1.54, 1.807) is 17.6 Å². The van der Waals surface area contributed by atoms with E-state index in [0.29, 0.717) is 15.9 Å². The van der Waals surface area contributed by atoms with Crippen molar-refractivity contribution >= 4 is 16.6 Å². The Kier molecular flexibility index (Phi) is 3.01. The molecule has 1 saturated carbocycles. The maximum absolute atomic E-state index is 14.8. The van der Waals surface area contributed by atoms with Gasteiger partial charge in [0.25, 0.3) is 5.56 Å². The van der Waals surface area contributed by atoms with Crippen molar-refractivity contribution in [3.05, 3.63) is 38.3 Å². The minimum absolute atomic E-state index is 0.0525. The van der Waals surface area contributed by atoms with Crippen LogP contribution in [0.1, 0.15) is 37.3 Å². The van der Waals surface area contributed by atoms with Crippen LogP contribution in [0.15, 0.2) is 15.7 Å². The number of anilines is 1. The van der Waals surface area contributed by atoms with Gasteiger partial charge in [-0.1, -0.05) is 0 Å². The van der Waals surface area contributed by atoms with E-state index in [1.165, 1.54) is 0 Å². The Morgan fingerprint density at radius 2 is 1.87 bits per heavy atom. The van der Waals surface area contributed by atoms with Crippen molar-refractivity contribution in [2.24, 2.45) is 0 Å². The second-order valence-electron chi connectivity index (χ2n) is 6.48. The van der Waals surface area contributed by atoms with Crippen molar-refractivity contribution < 1.29 is 4.39 Å². The molecule has 1 aliphatic heterocycles. The van der Waals surface area contributed by atoms with E-state index >= 15 is 0 Å². The molecule has 122 valence electrons. The molecule has 2 N–H and O–H groups in total. The summed E-state index contributed by atoms with van der Waals surface area (Å²) in [4.78, 5) is 26.8. The van der Waals surface area contributed by atoms with Gasteiger partial charge < -0.3 is 10.7 Å². The average Bonchev–Trinajstić information content (AvgIpc) is 3.21. The van der Waals surface area contributed by atoms with Crippen LogP contribution in [0, 0.1) is 12.7 Å². The molecular formula is C16H19FN4O2. The molecule has 0 radical (unpaired) electrons. The predicted molar refractivity (Wildman–Crippen MR) is 87.0 cm³/mol. The SMILES string of the molecule is Cc1c(F)c(N2CCCC2)cc2c1c(=O)n(N)c(=O)n2C1CC1. The predicted octanol–water partition coefficient (Wildman–Crippen LogP) is 1.26. The zero-order chi connectivity index (χ0) is 16.3. The van der Waals surface area contributed by atoms with Gasteiger partial charge in [-0.25, -0.2) is 9.18 Å². The minimum Gasteiger partial charge on any atom is -0.369 e. The third-order valence-corrected chi connectivity index (χ3v) is 4.92. The molecular weight excluding hydrogens is 299 g/mol. The Labute approximate surface area is 131 Å². The Balaban J connectivity index is 2.12. The molecule has 2 aromatic rings. The number of nitrogen functional groups attached to an aromatic ring is 1. The molecule has 0 bridgehead atoms. The fourth-order valence-corrected chi connectivity index (χ4v) is 3.52. The van der Waals surface area contributed by atoms with E-state index in [0.717, 1.165) is 38.8 Å². The van der Waals surface area contributed by atoms with Crippen LogP contribution < -0.4 is 22.0 Å². The van der Waals surface area contributed by atoms with E-state index in [9.17, 15) is 14.0 Å². The number of aromatic nitrogens is 2. The number of halogens is 1. The number of hydrogen-bond acceptors (Lipinski definition) is 4. The third-order valence-electron chi connectivity index (χ3n) is 4.92. The highest BCUT2D eigenvalue weighted by Crippen LogP contribution is 2.37. The molecule has 2 heterocycles. The second-order valence-corrected chi connectivity index (χ2v) is 6.48. The summed E-state index contributed by atoms with van der Waals surface area (Å²) in [5.74, 6) is 5.24. The highest BCUT2D eigenvalue weighted by atomic mass is 19.1. The summed E-state index contributed by atoms with van der Waals surface area (Å²) in [7, 11) is 0. The van der Waals surface area contributed by atoms with E-state index in [2.05, 4.69) is 0 Å². The van der Waals surface area contributed by atoms with Crippen LogP contribution in [0.4, 0.5) is 10.1 Å². The first kappa shape index (κ1) is 14.3. The topological polar surface area (TPSA) is 73.3 Å². The van der Waals surface area contributed by atoms with Crippen molar-refractivity contribution in [1.29, 1.82) is 0 Å². The summed E-state index contributed by atoms with van der Waals surface area (Å²) in [5.41, 5.74) is 0.0955. The number of hydrogen-bond donors (Lipinski definition) is 1. The molecule has 0 unspecified atom stereocenters. The lowest BCUT2D eigenvalue weighted by molar-refractivity contribution is 0.612. The van der Waals surface area contributed by atoms with Crippen molar-refractivity contribution in [3.63, 3.8) is 0 Å². The molecule has 1 aliphatic carbocycles. The first-order valence-corrected chi connectivity index (χ1v) is 8.01. The summed E-state index contributed by atoms with van der Waals surface area (Å²) in [6, 6.07) is 1.71. The van der Waals surface area contributed by atoms with Crippen molar-refractivity contribution in [1.82, 2.24) is 9.24 Å². The summed E-state index contributed by atoms with van der Waals surface area (Å²) in [6.07, 6.45) is 3.80. The molecule has 2 fully saturated rings. The molecule has 6 nitrogen and oxygen atoms in total. The van der Waals surface area contributed by atoms with Crippen LogP contribution in [0.3, 0.4) is 0 Å². The van der Waals surface area contributed by atoms with Gasteiger partial charge in [0.15, 0.2) is 0 Å². The van der Waals surface area contributed by atoms with Crippen LogP contribution in [-0.2, 0) is 0 Å². The number of rotatable bonds is 2. The van der Waals surface area contributed by atoms with Crippen LogP contribution in [0.25, 0.3) is 10.9 Å². The number of aryl methyl sites for hydroxylation is 1. The Hall–Kier alpha value is -2.31. The monoisotopic (exact) mass is 318 g/mol. The minimum atomic E-state index is -0.633. The second kappa shape index (κ2) is 4.84. The molecule has 1 aromatic carbocycles. The first-order valence-electron chi connectivity index (χ1n) is 8.01. The van der Waals surface area contributed by atoms with E-state index in [-0.39, 0.29) is 17.0 Å². The van der Waals surface area contributed by atoms with Gasteiger partial charge in [-0.3, -0.25) is 9.36 Å². The number of fused-ring (bicyclic) bond motifs is 1. The van der Waals surface area contributed by atoms with Crippen LogP contribution >= 0.6 is 0 Å². The lowest BCUT2D eigenvalue weighted by Crippen LogP contribution is -2.44. The van der Waals surface area contributed by atoms with Gasteiger partial charge in [-0.15, -0.1) is 0 Å². The lowest BCUT2D eigenvalue weighted by atomic mass is 10.1. The summed E-state index contributed by atoms with van der Waals surface area (Å²) < 4.78 is 17.0. The maximum atomic E-state index is 14.8. The molecule has 0 atom stereocenters. The van der Waals surface area contributed by atoms with Crippen LogP contribution in [-0.4, -0.2) is 22.3 Å². The van der Waals surface area contributed by atoms with Crippen molar-refractivity contribution in [2.75, 3.05) is 23.8 Å². The van der Waals surface area contributed by atoms with E-state index in [1.807, 2.05) is 4.90 Å². The Morgan fingerprint density at radius 1 is 1.22 bits per heavy atom. The highest BCUT2D eigenvalue weighted by molar-refractivity contribution is 5.86. The van der Waals surface area contributed by atoms with E-state index in [4.69, 9.17) is 5.84 Å². The summed E-state index contributed by atoms with van der Waals surface area (Å²) in [6.45, 7) is 3.17. The Bertz CT molecular complexity index is 921. The first-order chi connectivity index (χ1) is 11.0. The zero-order valence-corrected chi connectivity index (χ0v) is 13.0. The quantitative estimate of drug-likeness (QED) is 0.846. The summed E-state index contributed by atoms with van der Waals surface area (Å²) >= 11 is 0. The molecule has 4 rings (SSSR count). The van der Waals surface area contributed by atoms with Crippen molar-refractivity contribution in [2.45, 2.75) is 38.6 Å². The molecule has 1 saturated heterocycles. The van der Waals surface area contributed by atoms with Crippen LogP contribution in [0.2, 0.25) is 0 Å². The smallest absolute Gasteiger partial charge is 0.350 e. The molecule has 7 heteroatoms. The van der Waals surface area contributed by atoms with Gasteiger partial charge in [-0.05, 0) is 38.7 Å². The van der Waals surface area contributed by atoms with Gasteiger partial charge in [0.1, 0.15) is 5.82 Å². The molecule has 23 heavy (non-hydrogen) atoms. The van der Waals surface area contributed by atoms with Gasteiger partial charge in [0, 0.05) is 24.7 Å². The Morgan fingerprint density at radius 3 is 2.48 bits per heavy atom. The highest BCUT2D eigenvalue weighted by Gasteiger charge is 2.30. The maximum Gasteiger partial charge on any atom is 0.350 e. The fourth-order valence-electron chi connectivity index (χ4n) is 3.52. The molecule has 0 amide bonds. The van der Waals surface area contributed by atoms with Gasteiger partial charge in [0.2, 0.25) is 0 Å². The molecule has 0 spiro atoms. The number of benzene rings is 1. The van der Waals surface area contributed by atoms with Gasteiger partial charge >= 0.3 is 5.69 Å². The fraction of sp³-hybridized carbons (Fsp3) is 0.500. The molecule has 1 aromatic heterocycles. The normalized spacial score (nSPS) is 18.1. The largest absolute Gasteiger partial charge is 0.369 e. The zero-order valence-electron chi connectivity index (χ0n) is 13.0. The van der Waals surface area contributed by atoms with E-state index < -0.39 is 17.1 Å². The number of nitrogens with zero attached hydrogens (tertiary/aromatic N) is 3. The van der Waals surface area contributed by atoms with Gasteiger partial charge in [0.05, 0.1) is 16.6 Å². The lowest BCUT2D eigenvalue weighted by Gasteiger charge is -2.22. The average molecular weight is 318 g/mol. The van der Waals surface area contributed by atoms with Gasteiger partial charge in [-0.2, -0.15) is 4.68 Å².